The molecule has 0 bridgehead atoms. The van der Waals surface area contributed by atoms with Gasteiger partial charge in [-0.3, -0.25) is 4.79 Å². The summed E-state index contributed by atoms with van der Waals surface area (Å²) in [4.78, 5) is 15.0. The maximum absolute atomic E-state index is 11.4. The molecule has 0 saturated heterocycles. The van der Waals surface area contributed by atoms with E-state index in [1.54, 1.807) is 0 Å². The van der Waals surface area contributed by atoms with E-state index in [1.807, 2.05) is 6.92 Å². The Morgan fingerprint density at radius 1 is 1.41 bits per heavy atom. The molecule has 22 heavy (non-hydrogen) atoms. The number of hydrogen-bond donors (Lipinski definition) is 2. The van der Waals surface area contributed by atoms with E-state index in [0.717, 1.165) is 25.0 Å². The van der Waals surface area contributed by atoms with Crippen LogP contribution in [0.4, 0.5) is 0 Å². The van der Waals surface area contributed by atoms with Crippen molar-refractivity contribution in [1.82, 2.24) is 4.98 Å². The summed E-state index contributed by atoms with van der Waals surface area (Å²) >= 11 is 0. The van der Waals surface area contributed by atoms with Gasteiger partial charge in [-0.1, -0.05) is 32.0 Å². The molecule has 118 valence electrons. The number of benzene rings is 1. The second-order valence-electron chi connectivity index (χ2n) is 6.18. The number of carboxylic acids is 1. The van der Waals surface area contributed by atoms with Gasteiger partial charge in [-0.2, -0.15) is 0 Å². The van der Waals surface area contributed by atoms with Gasteiger partial charge in [-0.15, -0.1) is 0 Å². The Balaban J connectivity index is 2.25. The maximum atomic E-state index is 11.4. The topological polar surface area (TPSA) is 62.3 Å². The van der Waals surface area contributed by atoms with Crippen LogP contribution in [0.25, 0.3) is 10.9 Å². The van der Waals surface area contributed by atoms with Gasteiger partial charge in [0.15, 0.2) is 0 Å². The highest BCUT2D eigenvalue weighted by Crippen LogP contribution is 2.40. The fraction of sp³-hybridized carbons (Fsp3) is 0.500. The molecule has 0 saturated carbocycles. The lowest BCUT2D eigenvalue weighted by atomic mass is 9.77. The van der Waals surface area contributed by atoms with Crippen molar-refractivity contribution in [3.05, 3.63) is 35.0 Å². The first-order valence-corrected chi connectivity index (χ1v) is 8.03. The molecule has 3 rings (SSSR count). The quantitative estimate of drug-likeness (QED) is 0.909. The highest BCUT2D eigenvalue weighted by Gasteiger charge is 2.39. The molecule has 4 nitrogen and oxygen atoms in total. The van der Waals surface area contributed by atoms with E-state index in [-0.39, 0.29) is 6.42 Å². The van der Waals surface area contributed by atoms with E-state index in [1.165, 1.54) is 22.0 Å². The molecular weight excluding hydrogens is 278 g/mol. The molecule has 0 radical (unpaired) electrons. The first-order valence-electron chi connectivity index (χ1n) is 8.03. The lowest BCUT2D eigenvalue weighted by molar-refractivity contribution is -0.139. The molecule has 2 heterocycles. The molecule has 0 unspecified atom stereocenters. The van der Waals surface area contributed by atoms with Crippen LogP contribution in [-0.2, 0) is 27.8 Å². The van der Waals surface area contributed by atoms with Crippen LogP contribution in [0.5, 0.6) is 0 Å². The van der Waals surface area contributed by atoms with E-state index in [9.17, 15) is 9.90 Å². The summed E-state index contributed by atoms with van der Waals surface area (Å²) in [5.74, 6) is -0.771. The minimum atomic E-state index is -0.771. The number of fused-ring (bicyclic) bond motifs is 3. The van der Waals surface area contributed by atoms with Gasteiger partial charge in [0.2, 0.25) is 0 Å². The molecule has 1 aliphatic heterocycles. The molecule has 1 aromatic carbocycles. The van der Waals surface area contributed by atoms with E-state index in [0.29, 0.717) is 13.2 Å². The Bertz CT molecular complexity index is 704. The number of aromatic nitrogens is 1. The summed E-state index contributed by atoms with van der Waals surface area (Å²) in [6.07, 6.45) is 2.65. The fourth-order valence-corrected chi connectivity index (χ4v) is 3.69. The highest BCUT2D eigenvalue weighted by molar-refractivity contribution is 5.88. The van der Waals surface area contributed by atoms with Gasteiger partial charge in [0.05, 0.1) is 19.6 Å². The number of ether oxygens (including phenoxy) is 1. The lowest BCUT2D eigenvalue weighted by Crippen LogP contribution is -2.34. The van der Waals surface area contributed by atoms with Crippen molar-refractivity contribution in [3.8, 4) is 0 Å². The van der Waals surface area contributed by atoms with Crippen LogP contribution in [-0.4, -0.2) is 29.3 Å². The number of nitrogens with one attached hydrogen (secondary N) is 1. The SMILES string of the molecule is CCc1cccc2c3c([nH]c12)[C@@](CC)(CC(=O)O)COCC3. The van der Waals surface area contributed by atoms with Gasteiger partial charge < -0.3 is 14.8 Å². The molecule has 0 fully saturated rings. The monoisotopic (exact) mass is 301 g/mol. The van der Waals surface area contributed by atoms with Gasteiger partial charge in [0, 0.05) is 22.0 Å². The predicted molar refractivity (Wildman–Crippen MR) is 86.4 cm³/mol. The Morgan fingerprint density at radius 2 is 2.23 bits per heavy atom. The number of H-pyrrole nitrogens is 1. The van der Waals surface area contributed by atoms with Crippen molar-refractivity contribution < 1.29 is 14.6 Å². The molecule has 1 atom stereocenters. The third-order valence-corrected chi connectivity index (χ3v) is 4.98. The number of rotatable bonds is 4. The van der Waals surface area contributed by atoms with Gasteiger partial charge in [-0.05, 0) is 30.4 Å². The van der Waals surface area contributed by atoms with Crippen molar-refractivity contribution in [2.45, 2.75) is 44.9 Å². The van der Waals surface area contributed by atoms with Crippen LogP contribution in [0, 0.1) is 0 Å². The molecule has 0 spiro atoms. The summed E-state index contributed by atoms with van der Waals surface area (Å²) in [7, 11) is 0. The summed E-state index contributed by atoms with van der Waals surface area (Å²) < 4.78 is 5.77. The van der Waals surface area contributed by atoms with Crippen LogP contribution in [0.1, 0.15) is 43.5 Å². The zero-order chi connectivity index (χ0) is 15.7. The number of aryl methyl sites for hydroxylation is 1. The number of carbonyl (C=O) groups is 1. The minimum Gasteiger partial charge on any atom is -0.481 e. The maximum Gasteiger partial charge on any atom is 0.304 e. The molecular formula is C18H23NO3. The van der Waals surface area contributed by atoms with Gasteiger partial charge >= 0.3 is 5.97 Å². The van der Waals surface area contributed by atoms with Crippen molar-refractivity contribution in [2.75, 3.05) is 13.2 Å². The van der Waals surface area contributed by atoms with E-state index in [4.69, 9.17) is 4.74 Å². The van der Waals surface area contributed by atoms with Crippen molar-refractivity contribution >= 4 is 16.9 Å². The third kappa shape index (κ3) is 2.31. The Labute approximate surface area is 130 Å². The van der Waals surface area contributed by atoms with Gasteiger partial charge in [0.1, 0.15) is 0 Å². The molecule has 2 aromatic rings. The smallest absolute Gasteiger partial charge is 0.304 e. The van der Waals surface area contributed by atoms with Crippen molar-refractivity contribution in [2.24, 2.45) is 0 Å². The molecule has 2 N–H and O–H groups in total. The number of aliphatic carboxylic acids is 1. The first kappa shape index (κ1) is 15.1. The van der Waals surface area contributed by atoms with Crippen LogP contribution < -0.4 is 0 Å². The van der Waals surface area contributed by atoms with E-state index < -0.39 is 11.4 Å². The Hall–Kier alpha value is -1.81. The predicted octanol–water partition coefficient (Wildman–Crippen LogP) is 3.43. The zero-order valence-corrected chi connectivity index (χ0v) is 13.2. The number of carboxylic acid groups (broad SMARTS) is 1. The third-order valence-electron chi connectivity index (χ3n) is 4.98. The summed E-state index contributed by atoms with van der Waals surface area (Å²) in [6, 6.07) is 6.36. The summed E-state index contributed by atoms with van der Waals surface area (Å²) in [5, 5.41) is 10.6. The van der Waals surface area contributed by atoms with Gasteiger partial charge in [-0.25, -0.2) is 0 Å². The van der Waals surface area contributed by atoms with Crippen molar-refractivity contribution in [3.63, 3.8) is 0 Å². The summed E-state index contributed by atoms with van der Waals surface area (Å²) in [5.41, 5.74) is 4.31. The van der Waals surface area contributed by atoms with Crippen LogP contribution in [0.15, 0.2) is 18.2 Å². The second kappa shape index (κ2) is 5.76. The largest absolute Gasteiger partial charge is 0.481 e. The average molecular weight is 301 g/mol. The van der Waals surface area contributed by atoms with Crippen LogP contribution >= 0.6 is 0 Å². The highest BCUT2D eigenvalue weighted by atomic mass is 16.5. The summed E-state index contributed by atoms with van der Waals surface area (Å²) in [6.45, 7) is 5.32. The Kier molecular flexibility index (Phi) is 3.96. The first-order chi connectivity index (χ1) is 10.6. The lowest BCUT2D eigenvalue weighted by Gasteiger charge is -2.29. The molecule has 1 aliphatic rings. The molecule has 0 amide bonds. The van der Waals surface area contributed by atoms with Crippen LogP contribution in [0.3, 0.4) is 0 Å². The zero-order valence-electron chi connectivity index (χ0n) is 13.2. The second-order valence-corrected chi connectivity index (χ2v) is 6.18. The Morgan fingerprint density at radius 3 is 2.91 bits per heavy atom. The van der Waals surface area contributed by atoms with Crippen molar-refractivity contribution in [1.29, 1.82) is 0 Å². The normalized spacial score (nSPS) is 21.5. The number of para-hydroxylation sites is 1. The van der Waals surface area contributed by atoms with E-state index >= 15 is 0 Å². The average Bonchev–Trinajstić information content (AvgIpc) is 2.80. The molecule has 1 aromatic heterocycles. The minimum absolute atomic E-state index is 0.102. The standard InChI is InChI=1S/C18H23NO3/c1-3-12-6-5-7-13-14-8-9-22-11-18(4-2,10-15(20)21)17(14)19-16(12)13/h5-7,19H,3-4,8-11H2,1-2H3,(H,20,21)/t18-/m0/s1. The number of aromatic amines is 1. The van der Waals surface area contributed by atoms with E-state index in [2.05, 4.69) is 30.1 Å². The van der Waals surface area contributed by atoms with Crippen LogP contribution in [0.2, 0.25) is 0 Å². The fourth-order valence-electron chi connectivity index (χ4n) is 3.69. The molecule has 0 aliphatic carbocycles. The number of hydrogen-bond acceptors (Lipinski definition) is 2. The molecule has 4 heteroatoms. The van der Waals surface area contributed by atoms with Gasteiger partial charge in [0.25, 0.3) is 0 Å².